The average Bonchev–Trinajstić information content (AvgIpc) is 2.49. The molecule has 3 N–H and O–H groups in total. The molecule has 1 heterocycles. The van der Waals surface area contributed by atoms with E-state index in [1.54, 1.807) is 13.1 Å². The Kier molecular flexibility index (Phi) is 4.64. The lowest BCUT2D eigenvalue weighted by atomic mass is 10.2. The zero-order valence-corrected chi connectivity index (χ0v) is 12.3. The summed E-state index contributed by atoms with van der Waals surface area (Å²) >= 11 is 6.05. The van der Waals surface area contributed by atoms with E-state index in [0.29, 0.717) is 29.8 Å². The van der Waals surface area contributed by atoms with Crippen molar-refractivity contribution in [2.45, 2.75) is 5.38 Å². The van der Waals surface area contributed by atoms with Crippen LogP contribution >= 0.6 is 11.6 Å². The molecule has 0 amide bonds. The van der Waals surface area contributed by atoms with Crippen LogP contribution in [0.3, 0.4) is 0 Å². The number of halogens is 1. The SMILES string of the molecule is CN=C1NC(Nc2ccc(C(=O)O)cc2OC)=NCC1Cl. The van der Waals surface area contributed by atoms with Crippen LogP contribution in [0, 0.1) is 0 Å². The molecule has 1 aliphatic heterocycles. The molecule has 1 aliphatic rings. The normalized spacial score (nSPS) is 19.7. The molecule has 8 heteroatoms. The van der Waals surface area contributed by atoms with Crippen LogP contribution in [-0.2, 0) is 0 Å². The van der Waals surface area contributed by atoms with Crippen LogP contribution in [0.4, 0.5) is 5.69 Å². The maximum Gasteiger partial charge on any atom is 0.335 e. The van der Waals surface area contributed by atoms with E-state index in [2.05, 4.69) is 20.6 Å². The number of carboxylic acids is 1. The molecule has 1 unspecified atom stereocenters. The van der Waals surface area contributed by atoms with Gasteiger partial charge in [-0.2, -0.15) is 0 Å². The number of guanidine groups is 1. The van der Waals surface area contributed by atoms with Crippen LogP contribution in [0.2, 0.25) is 0 Å². The number of nitrogens with zero attached hydrogens (tertiary/aromatic N) is 2. The van der Waals surface area contributed by atoms with E-state index in [-0.39, 0.29) is 10.9 Å². The number of benzene rings is 1. The van der Waals surface area contributed by atoms with E-state index in [0.717, 1.165) is 0 Å². The molecule has 0 saturated heterocycles. The van der Waals surface area contributed by atoms with Crippen molar-refractivity contribution >= 4 is 35.1 Å². The molecule has 0 aliphatic carbocycles. The minimum atomic E-state index is -1.02. The van der Waals surface area contributed by atoms with Gasteiger partial charge < -0.3 is 20.5 Å². The molecule has 0 aromatic heterocycles. The number of hydrogen-bond acceptors (Lipinski definition) is 5. The molecule has 0 spiro atoms. The Bertz CT molecular complexity index is 615. The fourth-order valence-electron chi connectivity index (χ4n) is 1.82. The number of nitrogens with one attached hydrogen (secondary N) is 2. The standard InChI is InChI=1S/C13H15ClN4O3/c1-15-11-8(14)6-16-13(18-11)17-9-4-3-7(12(19)20)5-10(9)21-2/h3-5,8H,6H2,1-2H3,(H,19,20)(H2,15,16,17,18). The molecule has 21 heavy (non-hydrogen) atoms. The number of aromatic carboxylic acids is 1. The summed E-state index contributed by atoms with van der Waals surface area (Å²) < 4.78 is 5.19. The number of methoxy groups -OCH3 is 1. The van der Waals surface area contributed by atoms with Gasteiger partial charge in [-0.1, -0.05) is 0 Å². The van der Waals surface area contributed by atoms with Crippen molar-refractivity contribution in [3.05, 3.63) is 23.8 Å². The summed E-state index contributed by atoms with van der Waals surface area (Å²) in [5.74, 6) is 0.491. The van der Waals surface area contributed by atoms with Gasteiger partial charge in [-0.3, -0.25) is 9.98 Å². The van der Waals surface area contributed by atoms with Gasteiger partial charge in [-0.15, -0.1) is 11.6 Å². The van der Waals surface area contributed by atoms with E-state index in [1.165, 1.54) is 19.2 Å². The largest absolute Gasteiger partial charge is 0.495 e. The van der Waals surface area contributed by atoms with Crippen molar-refractivity contribution in [1.82, 2.24) is 5.32 Å². The van der Waals surface area contributed by atoms with Gasteiger partial charge in [0.15, 0.2) is 0 Å². The Morgan fingerprint density at radius 3 is 3.00 bits per heavy atom. The molecule has 2 rings (SSSR count). The van der Waals surface area contributed by atoms with Gasteiger partial charge in [0.1, 0.15) is 17.0 Å². The van der Waals surface area contributed by atoms with Gasteiger partial charge in [-0.05, 0) is 18.2 Å². The molecule has 7 nitrogen and oxygen atoms in total. The first-order valence-electron chi connectivity index (χ1n) is 6.15. The fraction of sp³-hybridized carbons (Fsp3) is 0.308. The third kappa shape index (κ3) is 3.43. The van der Waals surface area contributed by atoms with Crippen molar-refractivity contribution in [1.29, 1.82) is 0 Å². The van der Waals surface area contributed by atoms with Crippen LogP contribution < -0.4 is 15.4 Å². The van der Waals surface area contributed by atoms with Crippen LogP contribution in [0.15, 0.2) is 28.2 Å². The third-order valence-electron chi connectivity index (χ3n) is 2.90. The van der Waals surface area contributed by atoms with Gasteiger partial charge in [-0.25, -0.2) is 4.79 Å². The van der Waals surface area contributed by atoms with Crippen LogP contribution in [0.25, 0.3) is 0 Å². The second-order valence-corrected chi connectivity index (χ2v) is 4.76. The monoisotopic (exact) mass is 310 g/mol. The number of aliphatic imine (C=N–C) groups is 2. The maximum absolute atomic E-state index is 10.9. The molecule has 0 saturated carbocycles. The number of rotatable bonds is 3. The molecular formula is C13H15ClN4O3. The predicted molar refractivity (Wildman–Crippen MR) is 82.0 cm³/mol. The predicted octanol–water partition coefficient (Wildman–Crippen LogP) is 1.40. The summed E-state index contributed by atoms with van der Waals surface area (Å²) in [5, 5.41) is 14.7. The summed E-state index contributed by atoms with van der Waals surface area (Å²) in [7, 11) is 3.11. The topological polar surface area (TPSA) is 95.3 Å². The molecule has 112 valence electrons. The number of alkyl halides is 1. The minimum Gasteiger partial charge on any atom is -0.495 e. The number of carbonyl (C=O) groups is 1. The van der Waals surface area contributed by atoms with Crippen molar-refractivity contribution in [2.24, 2.45) is 9.98 Å². The van der Waals surface area contributed by atoms with E-state index in [1.807, 2.05) is 0 Å². The minimum absolute atomic E-state index is 0.146. The van der Waals surface area contributed by atoms with Gasteiger partial charge >= 0.3 is 5.97 Å². The molecular weight excluding hydrogens is 296 g/mol. The lowest BCUT2D eigenvalue weighted by molar-refractivity contribution is 0.0696. The Balaban J connectivity index is 2.22. The lowest BCUT2D eigenvalue weighted by Crippen LogP contribution is -2.45. The number of carboxylic acid groups (broad SMARTS) is 1. The second-order valence-electron chi connectivity index (χ2n) is 4.24. The highest BCUT2D eigenvalue weighted by molar-refractivity contribution is 6.34. The van der Waals surface area contributed by atoms with Gasteiger partial charge in [0.25, 0.3) is 0 Å². The molecule has 0 fully saturated rings. The smallest absolute Gasteiger partial charge is 0.335 e. The van der Waals surface area contributed by atoms with Gasteiger partial charge in [0.05, 0.1) is 24.9 Å². The van der Waals surface area contributed by atoms with E-state index in [4.69, 9.17) is 21.4 Å². The molecule has 1 aromatic carbocycles. The first-order chi connectivity index (χ1) is 10.0. The number of ether oxygens (including phenoxy) is 1. The summed E-state index contributed by atoms with van der Waals surface area (Å²) in [4.78, 5) is 19.2. The molecule has 1 aromatic rings. The first kappa shape index (κ1) is 15.1. The van der Waals surface area contributed by atoms with Crippen molar-refractivity contribution in [2.75, 3.05) is 26.0 Å². The Labute approximate surface area is 126 Å². The summed E-state index contributed by atoms with van der Waals surface area (Å²) in [6.45, 7) is 0.402. The van der Waals surface area contributed by atoms with Gasteiger partial charge in [0, 0.05) is 7.05 Å². The fourth-order valence-corrected chi connectivity index (χ4v) is 2.04. The van der Waals surface area contributed by atoms with Crippen LogP contribution in [-0.4, -0.2) is 49.0 Å². The number of anilines is 1. The van der Waals surface area contributed by atoms with E-state index < -0.39 is 5.97 Å². The van der Waals surface area contributed by atoms with Crippen molar-refractivity contribution < 1.29 is 14.6 Å². The quantitative estimate of drug-likeness (QED) is 0.734. The highest BCUT2D eigenvalue weighted by atomic mass is 35.5. The number of amidine groups is 1. The lowest BCUT2D eigenvalue weighted by Gasteiger charge is -2.22. The summed E-state index contributed by atoms with van der Waals surface area (Å²) in [6, 6.07) is 4.53. The van der Waals surface area contributed by atoms with E-state index in [9.17, 15) is 4.79 Å². The summed E-state index contributed by atoms with van der Waals surface area (Å²) in [6.07, 6.45) is 0. The maximum atomic E-state index is 10.9. The first-order valence-corrected chi connectivity index (χ1v) is 6.59. The second kappa shape index (κ2) is 6.45. The highest BCUT2D eigenvalue weighted by Crippen LogP contribution is 2.25. The Morgan fingerprint density at radius 1 is 1.62 bits per heavy atom. The summed E-state index contributed by atoms with van der Waals surface area (Å²) in [5.41, 5.74) is 0.741. The Hall–Kier alpha value is -2.28. The third-order valence-corrected chi connectivity index (χ3v) is 3.24. The van der Waals surface area contributed by atoms with Gasteiger partial charge in [0.2, 0.25) is 5.96 Å². The molecule has 1 atom stereocenters. The van der Waals surface area contributed by atoms with Crippen LogP contribution in [0.1, 0.15) is 10.4 Å². The van der Waals surface area contributed by atoms with Crippen molar-refractivity contribution in [3.63, 3.8) is 0 Å². The molecule has 0 radical (unpaired) electrons. The van der Waals surface area contributed by atoms with Crippen LogP contribution in [0.5, 0.6) is 5.75 Å². The highest BCUT2D eigenvalue weighted by Gasteiger charge is 2.20. The molecule has 0 bridgehead atoms. The average molecular weight is 311 g/mol. The Morgan fingerprint density at radius 2 is 2.38 bits per heavy atom. The zero-order chi connectivity index (χ0) is 15.4. The van der Waals surface area contributed by atoms with Crippen molar-refractivity contribution in [3.8, 4) is 5.75 Å². The van der Waals surface area contributed by atoms with E-state index >= 15 is 0 Å². The number of hydrogen-bond donors (Lipinski definition) is 3. The zero-order valence-electron chi connectivity index (χ0n) is 11.6.